The summed E-state index contributed by atoms with van der Waals surface area (Å²) in [4.78, 5) is 13.8. The number of carbonyl (C=O) groups is 1. The maximum atomic E-state index is 13.8. The number of fused-ring (bicyclic) bond motifs is 5. The molecular formula is C23H17N3O. The van der Waals surface area contributed by atoms with Crippen molar-refractivity contribution in [2.45, 2.75) is 24.9 Å². The Morgan fingerprint density at radius 2 is 1.11 bits per heavy atom. The van der Waals surface area contributed by atoms with Crippen LogP contribution in [0.25, 0.3) is 11.1 Å². The van der Waals surface area contributed by atoms with Gasteiger partial charge in [-0.15, -0.1) is 0 Å². The van der Waals surface area contributed by atoms with Gasteiger partial charge in [-0.05, 0) is 36.1 Å². The normalized spacial score (nSPS) is 38.3. The lowest BCUT2D eigenvalue weighted by Crippen LogP contribution is -2.41. The van der Waals surface area contributed by atoms with Gasteiger partial charge in [0.05, 0.1) is 23.0 Å². The number of hydrogen-bond acceptors (Lipinski definition) is 4. The van der Waals surface area contributed by atoms with Crippen LogP contribution in [0.3, 0.4) is 0 Å². The lowest BCUT2D eigenvalue weighted by molar-refractivity contribution is -0.128. The van der Waals surface area contributed by atoms with Gasteiger partial charge in [0.25, 0.3) is 0 Å². The van der Waals surface area contributed by atoms with E-state index in [1.165, 1.54) is 0 Å². The second kappa shape index (κ2) is 4.55. The van der Waals surface area contributed by atoms with E-state index in [4.69, 9.17) is 0 Å². The molecule has 1 saturated heterocycles. The van der Waals surface area contributed by atoms with Crippen LogP contribution in [0.1, 0.15) is 25.0 Å². The molecule has 2 aromatic carbocycles. The zero-order valence-corrected chi connectivity index (χ0v) is 15.1. The summed E-state index contributed by atoms with van der Waals surface area (Å²) >= 11 is 0. The summed E-state index contributed by atoms with van der Waals surface area (Å²) < 4.78 is 0. The highest BCUT2D eigenvalue weighted by Crippen LogP contribution is 2.79. The van der Waals surface area contributed by atoms with E-state index in [0.717, 1.165) is 22.3 Å². The molecule has 1 aliphatic heterocycles. The van der Waals surface area contributed by atoms with Crippen LogP contribution in [-0.4, -0.2) is 16.9 Å². The summed E-state index contributed by atoms with van der Waals surface area (Å²) in [5.41, 5.74) is -0.985. The number of hydrogen-bond donors (Lipinski definition) is 1. The molecule has 0 unspecified atom stereocenters. The number of nitriles is 2. The number of ketones is 1. The van der Waals surface area contributed by atoms with E-state index in [1.54, 1.807) is 0 Å². The van der Waals surface area contributed by atoms with Gasteiger partial charge in [-0.1, -0.05) is 60.7 Å². The van der Waals surface area contributed by atoms with Crippen molar-refractivity contribution in [1.29, 1.82) is 10.5 Å². The van der Waals surface area contributed by atoms with Gasteiger partial charge < -0.3 is 0 Å². The summed E-state index contributed by atoms with van der Waals surface area (Å²) in [5.74, 6) is -0.0467. The van der Waals surface area contributed by atoms with Crippen LogP contribution in [0.4, 0.5) is 0 Å². The van der Waals surface area contributed by atoms with Gasteiger partial charge >= 0.3 is 0 Å². The Hall–Kier alpha value is -3.21. The minimum atomic E-state index is -1.19. The van der Waals surface area contributed by atoms with E-state index in [0.29, 0.717) is 0 Å². The van der Waals surface area contributed by atoms with E-state index in [1.807, 2.05) is 74.5 Å². The highest BCUT2D eigenvalue weighted by atomic mass is 16.1. The number of piperidine rings is 1. The molecule has 1 N–H and O–H groups in total. The van der Waals surface area contributed by atoms with Gasteiger partial charge in [-0.3, -0.25) is 10.1 Å². The molecule has 2 aromatic rings. The first-order valence-electron chi connectivity index (χ1n) is 8.97. The van der Waals surface area contributed by atoms with Crippen LogP contribution in [0, 0.1) is 33.5 Å². The minimum Gasteiger partial charge on any atom is -0.297 e. The molecule has 0 spiro atoms. The SMILES string of the molecule is C[C@]12C(=O)[C@@](C)(C(c3ccccc3)=C1c1ccccc1)[C@@]1(C#N)N[C@]21C#N. The largest absolute Gasteiger partial charge is 0.297 e. The lowest BCUT2D eigenvalue weighted by atomic mass is 9.63. The quantitative estimate of drug-likeness (QED) is 0.841. The Kier molecular flexibility index (Phi) is 2.69. The molecule has 27 heavy (non-hydrogen) atoms. The topological polar surface area (TPSA) is 86.6 Å². The number of rotatable bonds is 2. The number of nitrogens with zero attached hydrogens (tertiary/aromatic N) is 2. The molecule has 5 rings (SSSR count). The third-order valence-corrected chi connectivity index (χ3v) is 6.99. The fourth-order valence-electron chi connectivity index (χ4n) is 5.72. The van der Waals surface area contributed by atoms with E-state index in [-0.39, 0.29) is 5.78 Å². The van der Waals surface area contributed by atoms with Crippen molar-refractivity contribution in [3.8, 4) is 12.1 Å². The van der Waals surface area contributed by atoms with Crippen LogP contribution in [0.15, 0.2) is 60.7 Å². The highest BCUT2D eigenvalue weighted by molar-refractivity contribution is 6.27. The van der Waals surface area contributed by atoms with Crippen LogP contribution >= 0.6 is 0 Å². The summed E-state index contributed by atoms with van der Waals surface area (Å²) in [6, 6.07) is 24.1. The van der Waals surface area contributed by atoms with E-state index < -0.39 is 21.9 Å². The Labute approximate surface area is 157 Å². The fourth-order valence-corrected chi connectivity index (χ4v) is 5.72. The van der Waals surface area contributed by atoms with Crippen molar-refractivity contribution >= 4 is 16.9 Å². The molecule has 2 aliphatic carbocycles. The van der Waals surface area contributed by atoms with Crippen LogP contribution in [0.2, 0.25) is 0 Å². The molecule has 0 radical (unpaired) electrons. The molecule has 2 fully saturated rings. The van der Waals surface area contributed by atoms with Crippen molar-refractivity contribution in [2.24, 2.45) is 10.8 Å². The third kappa shape index (κ3) is 1.34. The van der Waals surface area contributed by atoms with Crippen molar-refractivity contribution in [2.75, 3.05) is 0 Å². The zero-order chi connectivity index (χ0) is 19.1. The molecule has 0 aromatic heterocycles. The Balaban J connectivity index is 1.95. The molecule has 3 aliphatic rings. The van der Waals surface area contributed by atoms with Gasteiger partial charge in [0.1, 0.15) is 0 Å². The van der Waals surface area contributed by atoms with Gasteiger partial charge in [0, 0.05) is 0 Å². The maximum absolute atomic E-state index is 13.8. The predicted molar refractivity (Wildman–Crippen MR) is 101 cm³/mol. The molecule has 130 valence electrons. The number of Topliss-reactive ketones (excluding diaryl/α,β-unsaturated/α-hetero) is 1. The van der Waals surface area contributed by atoms with Gasteiger partial charge in [-0.2, -0.15) is 10.5 Å². The maximum Gasteiger partial charge on any atom is 0.159 e. The predicted octanol–water partition coefficient (Wildman–Crippen LogP) is 3.33. The second-order valence-corrected chi connectivity index (χ2v) is 7.91. The van der Waals surface area contributed by atoms with Gasteiger partial charge in [0.15, 0.2) is 16.9 Å². The average molecular weight is 351 g/mol. The van der Waals surface area contributed by atoms with Crippen LogP contribution < -0.4 is 5.32 Å². The Morgan fingerprint density at radius 1 is 0.741 bits per heavy atom. The van der Waals surface area contributed by atoms with Gasteiger partial charge in [0.2, 0.25) is 0 Å². The Bertz CT molecular complexity index is 1040. The summed E-state index contributed by atoms with van der Waals surface area (Å²) in [6.45, 7) is 3.66. The molecule has 0 amide bonds. The molecular weight excluding hydrogens is 334 g/mol. The van der Waals surface area contributed by atoms with Crippen molar-refractivity contribution in [1.82, 2.24) is 5.32 Å². The summed E-state index contributed by atoms with van der Waals surface area (Å²) in [6.07, 6.45) is 0. The first-order valence-corrected chi connectivity index (χ1v) is 8.97. The fraction of sp³-hybridized carbons (Fsp3) is 0.261. The van der Waals surface area contributed by atoms with Crippen molar-refractivity contribution < 1.29 is 4.79 Å². The number of nitrogens with one attached hydrogen (secondary N) is 1. The van der Waals surface area contributed by atoms with E-state index in [9.17, 15) is 15.3 Å². The molecule has 4 heteroatoms. The van der Waals surface area contributed by atoms with E-state index in [2.05, 4.69) is 17.5 Å². The first kappa shape index (κ1) is 16.0. The van der Waals surface area contributed by atoms with Crippen molar-refractivity contribution in [3.63, 3.8) is 0 Å². The summed E-state index contributed by atoms with van der Waals surface area (Å²) in [7, 11) is 0. The van der Waals surface area contributed by atoms with Gasteiger partial charge in [-0.25, -0.2) is 0 Å². The molecule has 2 bridgehead atoms. The summed E-state index contributed by atoms with van der Waals surface area (Å²) in [5, 5.41) is 23.3. The number of carbonyl (C=O) groups excluding carboxylic acids is 1. The smallest absolute Gasteiger partial charge is 0.159 e. The first-order chi connectivity index (χ1) is 12.9. The number of benzene rings is 2. The van der Waals surface area contributed by atoms with Crippen molar-refractivity contribution in [3.05, 3.63) is 71.8 Å². The second-order valence-electron chi connectivity index (χ2n) is 7.91. The standard InChI is InChI=1S/C23H17N3O/c1-20-17(15-9-5-3-6-10-15)18(16-11-7-4-8-12-16)21(2,19(20)27)23(14-25)22(20,13-24)26-23/h3-12,26H,1-2H3/t20-,21-,22-,23-/m1/s1. The van der Waals surface area contributed by atoms with Crippen LogP contribution in [-0.2, 0) is 4.79 Å². The average Bonchev–Trinajstić information content (AvgIpc) is 3.36. The highest BCUT2D eigenvalue weighted by Gasteiger charge is 2.96. The monoisotopic (exact) mass is 351 g/mol. The van der Waals surface area contributed by atoms with E-state index >= 15 is 0 Å². The lowest BCUT2D eigenvalue weighted by Gasteiger charge is -2.33. The molecule has 1 heterocycles. The molecule has 4 atom stereocenters. The third-order valence-electron chi connectivity index (χ3n) is 6.99. The molecule has 1 saturated carbocycles. The Morgan fingerprint density at radius 3 is 1.44 bits per heavy atom. The zero-order valence-electron chi connectivity index (χ0n) is 15.1. The molecule has 4 nitrogen and oxygen atoms in total. The minimum absolute atomic E-state index is 0.0467. The van der Waals surface area contributed by atoms with Crippen LogP contribution in [0.5, 0.6) is 0 Å².